The van der Waals surface area contributed by atoms with Gasteiger partial charge >= 0.3 is 0 Å². The van der Waals surface area contributed by atoms with Gasteiger partial charge in [-0.3, -0.25) is 14.4 Å². The van der Waals surface area contributed by atoms with E-state index in [1.54, 1.807) is 25.1 Å². The number of piperidine rings is 1. The lowest BCUT2D eigenvalue weighted by Gasteiger charge is -2.49. The van der Waals surface area contributed by atoms with E-state index in [0.717, 1.165) is 62.6 Å². The van der Waals surface area contributed by atoms with Gasteiger partial charge in [-0.1, -0.05) is 6.07 Å². The number of carbonyl (C=O) groups excluding carboxylic acids is 1. The SMILES string of the molecule is CC(O)CC(=O)N[C@H]1CC2(CCN([C@@H]3CCc4cc(C#N)ccc4C3)CC2)Oc2ccc(NS(C)(=O)=O)cc21.Cl. The molecule has 0 bridgehead atoms. The number of halogens is 1. The van der Waals surface area contributed by atoms with Crippen molar-refractivity contribution in [2.45, 2.75) is 75.7 Å². The van der Waals surface area contributed by atoms with Crippen LogP contribution in [0.15, 0.2) is 36.4 Å². The number of carbonyl (C=O) groups is 1. The second kappa shape index (κ2) is 12.0. The zero-order valence-electron chi connectivity index (χ0n) is 22.9. The highest BCUT2D eigenvalue weighted by atomic mass is 35.5. The third-order valence-electron chi connectivity index (χ3n) is 8.17. The fourth-order valence-corrected chi connectivity index (χ4v) is 6.87. The Hall–Kier alpha value is -2.84. The molecule has 1 unspecified atom stereocenters. The number of likely N-dealkylation sites (tertiary alicyclic amines) is 1. The Labute approximate surface area is 242 Å². The van der Waals surface area contributed by atoms with E-state index >= 15 is 0 Å². The highest BCUT2D eigenvalue weighted by molar-refractivity contribution is 7.92. The molecule has 216 valence electrons. The Morgan fingerprint density at radius 2 is 1.98 bits per heavy atom. The van der Waals surface area contributed by atoms with E-state index in [4.69, 9.17) is 4.74 Å². The number of sulfonamides is 1. The topological polar surface area (TPSA) is 132 Å². The van der Waals surface area contributed by atoms with Crippen LogP contribution in [0.3, 0.4) is 0 Å². The van der Waals surface area contributed by atoms with Gasteiger partial charge in [-0.05, 0) is 80.5 Å². The molecule has 9 nitrogen and oxygen atoms in total. The van der Waals surface area contributed by atoms with Crippen molar-refractivity contribution < 1.29 is 23.1 Å². The summed E-state index contributed by atoms with van der Waals surface area (Å²) in [4.78, 5) is 15.2. The van der Waals surface area contributed by atoms with E-state index in [-0.39, 0.29) is 30.8 Å². The number of amides is 1. The van der Waals surface area contributed by atoms with Gasteiger partial charge in [0, 0.05) is 36.8 Å². The largest absolute Gasteiger partial charge is 0.487 e. The molecule has 2 aliphatic heterocycles. The lowest BCUT2D eigenvalue weighted by atomic mass is 9.79. The molecular weight excluding hydrogens is 552 g/mol. The number of nitriles is 1. The maximum atomic E-state index is 12.7. The van der Waals surface area contributed by atoms with Crippen LogP contribution >= 0.6 is 12.4 Å². The Bertz CT molecular complexity index is 1400. The van der Waals surface area contributed by atoms with Gasteiger partial charge < -0.3 is 15.2 Å². The zero-order valence-corrected chi connectivity index (χ0v) is 24.5. The summed E-state index contributed by atoms with van der Waals surface area (Å²) >= 11 is 0. The highest BCUT2D eigenvalue weighted by Crippen LogP contribution is 2.46. The second-order valence-corrected chi connectivity index (χ2v) is 13.1. The molecule has 0 radical (unpaired) electrons. The van der Waals surface area contributed by atoms with Crippen molar-refractivity contribution in [1.29, 1.82) is 5.26 Å². The van der Waals surface area contributed by atoms with E-state index in [1.165, 1.54) is 11.1 Å². The van der Waals surface area contributed by atoms with Crippen LogP contribution in [-0.4, -0.2) is 61.4 Å². The van der Waals surface area contributed by atoms with E-state index in [0.29, 0.717) is 23.9 Å². The van der Waals surface area contributed by atoms with Crippen LogP contribution in [0.4, 0.5) is 5.69 Å². The van der Waals surface area contributed by atoms with Crippen LogP contribution in [0.5, 0.6) is 5.75 Å². The van der Waals surface area contributed by atoms with Crippen LogP contribution in [0.1, 0.15) is 67.3 Å². The first kappa shape index (κ1) is 30.1. The Kier molecular flexibility index (Phi) is 9.00. The molecule has 1 fully saturated rings. The molecule has 3 N–H and O–H groups in total. The molecule has 2 heterocycles. The number of nitrogens with one attached hydrogen (secondary N) is 2. The first-order chi connectivity index (χ1) is 18.5. The standard InChI is InChI=1S/C29H36N4O5S.ClH/c1-19(34)13-28(35)31-26-17-29(38-27-8-6-23(16-25(26)27)32-39(2,36)37)9-11-33(12-10-29)24-7-5-21-14-20(18-30)3-4-22(21)15-24;/h3-4,6,8,14,16,19,24,26,32,34H,5,7,9-13,15,17H2,1-2H3,(H,31,35);1H/t19?,24-,26+;/m1./s1. The minimum Gasteiger partial charge on any atom is -0.487 e. The van der Waals surface area contributed by atoms with Gasteiger partial charge in [0.05, 0.1) is 36.5 Å². The lowest BCUT2D eigenvalue weighted by molar-refractivity contribution is -0.124. The van der Waals surface area contributed by atoms with Crippen LogP contribution in [0.2, 0.25) is 0 Å². The second-order valence-electron chi connectivity index (χ2n) is 11.3. The average molecular weight is 589 g/mol. The third-order valence-corrected chi connectivity index (χ3v) is 8.78. The number of ether oxygens (including phenoxy) is 1. The van der Waals surface area contributed by atoms with Gasteiger partial charge in [0.15, 0.2) is 0 Å². The summed E-state index contributed by atoms with van der Waals surface area (Å²) in [5.41, 5.74) is 4.04. The van der Waals surface area contributed by atoms with Gasteiger partial charge in [-0.25, -0.2) is 8.42 Å². The van der Waals surface area contributed by atoms with Crippen molar-refractivity contribution in [3.63, 3.8) is 0 Å². The summed E-state index contributed by atoms with van der Waals surface area (Å²) in [5, 5.41) is 22.0. The quantitative estimate of drug-likeness (QED) is 0.471. The number of nitrogens with zero attached hydrogens (tertiary/aromatic N) is 2. The van der Waals surface area contributed by atoms with Crippen molar-refractivity contribution in [2.24, 2.45) is 0 Å². The van der Waals surface area contributed by atoms with E-state index in [1.807, 2.05) is 12.1 Å². The van der Waals surface area contributed by atoms with Gasteiger partial charge in [-0.2, -0.15) is 5.26 Å². The van der Waals surface area contributed by atoms with Crippen molar-refractivity contribution in [1.82, 2.24) is 10.2 Å². The van der Waals surface area contributed by atoms with Crippen LogP contribution in [0, 0.1) is 11.3 Å². The number of aliphatic hydroxyl groups is 1. The molecule has 2 aromatic carbocycles. The number of fused-ring (bicyclic) bond motifs is 2. The molecule has 0 saturated carbocycles. The van der Waals surface area contributed by atoms with Gasteiger partial charge in [0.1, 0.15) is 11.4 Å². The van der Waals surface area contributed by atoms with Gasteiger partial charge in [-0.15, -0.1) is 12.4 Å². The first-order valence-electron chi connectivity index (χ1n) is 13.6. The smallest absolute Gasteiger partial charge is 0.229 e. The molecule has 2 aromatic rings. The number of hydrogen-bond acceptors (Lipinski definition) is 7. The third kappa shape index (κ3) is 6.89. The van der Waals surface area contributed by atoms with E-state index in [9.17, 15) is 23.6 Å². The predicted octanol–water partition coefficient (Wildman–Crippen LogP) is 3.45. The summed E-state index contributed by atoms with van der Waals surface area (Å²) in [6.45, 7) is 3.34. The molecule has 1 spiro atoms. The average Bonchev–Trinajstić information content (AvgIpc) is 2.87. The predicted molar refractivity (Wildman–Crippen MR) is 155 cm³/mol. The molecule has 40 heavy (non-hydrogen) atoms. The summed E-state index contributed by atoms with van der Waals surface area (Å²) in [6.07, 6.45) is 5.56. The van der Waals surface area contributed by atoms with Crippen molar-refractivity contribution in [3.8, 4) is 11.8 Å². The molecule has 1 aliphatic carbocycles. The summed E-state index contributed by atoms with van der Waals surface area (Å²) in [7, 11) is -3.46. The fraction of sp³-hybridized carbons (Fsp3) is 0.517. The summed E-state index contributed by atoms with van der Waals surface area (Å²) in [6, 6.07) is 13.5. The number of hydrogen-bond donors (Lipinski definition) is 3. The normalized spacial score (nSPS) is 22.4. The van der Waals surface area contributed by atoms with Gasteiger partial charge in [0.2, 0.25) is 15.9 Å². The highest BCUT2D eigenvalue weighted by Gasteiger charge is 2.45. The molecule has 3 atom stereocenters. The van der Waals surface area contributed by atoms with Crippen molar-refractivity contribution in [3.05, 3.63) is 58.7 Å². The van der Waals surface area contributed by atoms with Crippen LogP contribution in [-0.2, 0) is 27.7 Å². The molecule has 5 rings (SSSR count). The molecule has 11 heteroatoms. The molecular formula is C29H37ClN4O5S. The number of benzene rings is 2. The number of rotatable bonds is 6. The maximum absolute atomic E-state index is 12.7. The Morgan fingerprint density at radius 3 is 2.65 bits per heavy atom. The minimum absolute atomic E-state index is 0. The Morgan fingerprint density at radius 1 is 1.23 bits per heavy atom. The van der Waals surface area contributed by atoms with E-state index in [2.05, 4.69) is 27.1 Å². The fourth-order valence-electron chi connectivity index (χ4n) is 6.32. The van der Waals surface area contributed by atoms with Crippen molar-refractivity contribution in [2.75, 3.05) is 24.1 Å². The molecule has 1 amide bonds. The zero-order chi connectivity index (χ0) is 27.8. The maximum Gasteiger partial charge on any atom is 0.229 e. The minimum atomic E-state index is -3.46. The number of aliphatic hydroxyl groups excluding tert-OH is 1. The first-order valence-corrected chi connectivity index (χ1v) is 15.5. The number of anilines is 1. The van der Waals surface area contributed by atoms with Crippen molar-refractivity contribution >= 4 is 34.0 Å². The van der Waals surface area contributed by atoms with Crippen LogP contribution in [0.25, 0.3) is 0 Å². The monoisotopic (exact) mass is 588 g/mol. The summed E-state index contributed by atoms with van der Waals surface area (Å²) in [5.74, 6) is 0.397. The Balaban J connectivity index is 0.00000370. The summed E-state index contributed by atoms with van der Waals surface area (Å²) < 4.78 is 32.7. The van der Waals surface area contributed by atoms with Crippen LogP contribution < -0.4 is 14.8 Å². The lowest BCUT2D eigenvalue weighted by Crippen LogP contribution is -2.54. The molecule has 0 aromatic heterocycles. The van der Waals surface area contributed by atoms with Gasteiger partial charge in [0.25, 0.3) is 0 Å². The number of aryl methyl sites for hydroxylation is 1. The van der Waals surface area contributed by atoms with E-state index < -0.39 is 21.7 Å². The molecule has 3 aliphatic rings. The molecule has 1 saturated heterocycles.